The summed E-state index contributed by atoms with van der Waals surface area (Å²) in [6, 6.07) is 5.90. The van der Waals surface area contributed by atoms with Crippen LogP contribution in [0.5, 0.6) is 5.75 Å². The Balaban J connectivity index is 3.28. The topological polar surface area (TPSA) is 26.3 Å². The standard InChI is InChI=1S/C16H21O2/c1-7-11(2)13-8-14(16(4,5)6)10-15(9-13)18-12(3)17/h7-10H,1H2,2-6H3. The molecule has 1 aromatic carbocycles. The number of allylic oxidation sites excluding steroid dienone is 1. The minimum Gasteiger partial charge on any atom is -0.427 e. The number of ether oxygens (including phenoxy) is 1. The first kappa shape index (κ1) is 14.5. The van der Waals surface area contributed by atoms with Gasteiger partial charge in [0.15, 0.2) is 0 Å². The van der Waals surface area contributed by atoms with Gasteiger partial charge >= 0.3 is 5.97 Å². The molecule has 0 N–H and O–H groups in total. The third kappa shape index (κ3) is 3.73. The fourth-order valence-electron chi connectivity index (χ4n) is 1.60. The molecule has 0 bridgehead atoms. The number of carbonyl (C=O) groups is 1. The van der Waals surface area contributed by atoms with Crippen molar-refractivity contribution in [3.8, 4) is 5.75 Å². The molecule has 0 aliphatic heterocycles. The van der Waals surface area contributed by atoms with Gasteiger partial charge in [0.1, 0.15) is 5.75 Å². The van der Waals surface area contributed by atoms with Gasteiger partial charge in [0.25, 0.3) is 0 Å². The first-order chi connectivity index (χ1) is 8.24. The molecule has 97 valence electrons. The first-order valence-electron chi connectivity index (χ1n) is 6.04. The van der Waals surface area contributed by atoms with Gasteiger partial charge in [-0.15, -0.1) is 6.58 Å². The molecular formula is C16H21O2. The maximum atomic E-state index is 11.1. The average molecular weight is 245 g/mol. The van der Waals surface area contributed by atoms with Gasteiger partial charge in [-0.1, -0.05) is 39.8 Å². The molecule has 1 radical (unpaired) electrons. The molecule has 2 nitrogen and oxygen atoms in total. The molecule has 0 spiro atoms. The van der Waals surface area contributed by atoms with E-state index in [0.29, 0.717) is 5.75 Å². The molecule has 0 fully saturated rings. The highest BCUT2D eigenvalue weighted by Crippen LogP contribution is 2.30. The number of hydrogen-bond acceptors (Lipinski definition) is 2. The van der Waals surface area contributed by atoms with Gasteiger partial charge in [-0.25, -0.2) is 0 Å². The lowest BCUT2D eigenvalue weighted by Gasteiger charge is -2.22. The number of esters is 1. The Labute approximate surface area is 110 Å². The van der Waals surface area contributed by atoms with Crippen LogP contribution in [-0.4, -0.2) is 5.97 Å². The number of rotatable bonds is 3. The minimum atomic E-state index is -0.303. The van der Waals surface area contributed by atoms with Crippen molar-refractivity contribution < 1.29 is 9.53 Å². The zero-order valence-electron chi connectivity index (χ0n) is 11.8. The Kier molecular flexibility index (Phi) is 4.33. The van der Waals surface area contributed by atoms with Crippen LogP contribution in [0.4, 0.5) is 0 Å². The van der Waals surface area contributed by atoms with Gasteiger partial charge in [-0.2, -0.15) is 0 Å². The molecule has 1 rings (SSSR count). The number of carbonyl (C=O) groups excluding carboxylic acids is 1. The van der Waals surface area contributed by atoms with Gasteiger partial charge in [-0.3, -0.25) is 4.79 Å². The van der Waals surface area contributed by atoms with Crippen molar-refractivity contribution in [1.29, 1.82) is 0 Å². The maximum Gasteiger partial charge on any atom is 0.308 e. The van der Waals surface area contributed by atoms with Crippen molar-refractivity contribution in [3.63, 3.8) is 0 Å². The molecular weight excluding hydrogens is 224 g/mol. The molecule has 0 aliphatic rings. The van der Waals surface area contributed by atoms with Crippen LogP contribution < -0.4 is 4.74 Å². The highest BCUT2D eigenvalue weighted by Gasteiger charge is 2.17. The van der Waals surface area contributed by atoms with E-state index in [4.69, 9.17) is 4.74 Å². The summed E-state index contributed by atoms with van der Waals surface area (Å²) in [5.41, 5.74) is 2.18. The average Bonchev–Trinajstić information content (AvgIpc) is 2.25. The minimum absolute atomic E-state index is 0.00631. The summed E-state index contributed by atoms with van der Waals surface area (Å²) < 4.78 is 5.20. The second kappa shape index (κ2) is 5.38. The van der Waals surface area contributed by atoms with Crippen LogP contribution in [0.2, 0.25) is 0 Å². The normalized spacial score (nSPS) is 11.4. The van der Waals surface area contributed by atoms with Crippen molar-refractivity contribution in [2.75, 3.05) is 0 Å². The molecule has 1 aromatic rings. The summed E-state index contributed by atoms with van der Waals surface area (Å²) in [5, 5.41) is 0. The molecule has 0 unspecified atom stereocenters. The third-order valence-corrected chi connectivity index (χ3v) is 2.80. The first-order valence-corrected chi connectivity index (χ1v) is 6.04. The Bertz CT molecular complexity index is 453. The van der Waals surface area contributed by atoms with Gasteiger partial charge in [0.05, 0.1) is 0 Å². The van der Waals surface area contributed by atoms with Crippen molar-refractivity contribution >= 4 is 5.97 Å². The van der Waals surface area contributed by atoms with E-state index in [-0.39, 0.29) is 11.4 Å². The Morgan fingerprint density at radius 3 is 2.28 bits per heavy atom. The lowest BCUT2D eigenvalue weighted by atomic mass is 9.84. The van der Waals surface area contributed by atoms with Crippen molar-refractivity contribution in [2.24, 2.45) is 0 Å². The lowest BCUT2D eigenvalue weighted by Crippen LogP contribution is -2.13. The third-order valence-electron chi connectivity index (χ3n) is 2.80. The molecule has 0 aliphatic carbocycles. The fourth-order valence-corrected chi connectivity index (χ4v) is 1.60. The number of benzene rings is 1. The monoisotopic (exact) mass is 245 g/mol. The zero-order chi connectivity index (χ0) is 13.9. The van der Waals surface area contributed by atoms with E-state index in [1.165, 1.54) is 6.92 Å². The van der Waals surface area contributed by atoms with Gasteiger partial charge in [-0.05, 0) is 28.7 Å². The Hall–Kier alpha value is -1.57. The van der Waals surface area contributed by atoms with E-state index in [0.717, 1.165) is 17.0 Å². The maximum absolute atomic E-state index is 11.1. The second-order valence-corrected chi connectivity index (χ2v) is 5.48. The molecule has 0 saturated heterocycles. The van der Waals surface area contributed by atoms with Crippen LogP contribution in [0.3, 0.4) is 0 Å². The smallest absolute Gasteiger partial charge is 0.308 e. The van der Waals surface area contributed by atoms with Crippen LogP contribution in [-0.2, 0) is 10.2 Å². The van der Waals surface area contributed by atoms with Crippen molar-refractivity contribution in [3.05, 3.63) is 47.9 Å². The Morgan fingerprint density at radius 1 is 1.22 bits per heavy atom. The summed E-state index contributed by atoms with van der Waals surface area (Å²) in [6.45, 7) is 13.6. The molecule has 0 heterocycles. The van der Waals surface area contributed by atoms with Crippen LogP contribution in [0.15, 0.2) is 30.9 Å². The summed E-state index contributed by atoms with van der Waals surface area (Å²) in [6.07, 6.45) is 1.80. The van der Waals surface area contributed by atoms with Crippen LogP contribution in [0.1, 0.15) is 45.7 Å². The molecule has 2 heteroatoms. The predicted octanol–water partition coefficient (Wildman–Crippen LogP) is 4.04. The van der Waals surface area contributed by atoms with E-state index in [9.17, 15) is 4.79 Å². The van der Waals surface area contributed by atoms with Crippen LogP contribution in [0, 0.1) is 5.92 Å². The molecule has 0 amide bonds. The van der Waals surface area contributed by atoms with Gasteiger partial charge in [0.2, 0.25) is 0 Å². The molecule has 0 aromatic heterocycles. The highest BCUT2D eigenvalue weighted by atomic mass is 16.5. The molecule has 0 atom stereocenters. The van der Waals surface area contributed by atoms with E-state index in [1.54, 1.807) is 6.08 Å². The Morgan fingerprint density at radius 2 is 1.83 bits per heavy atom. The quantitative estimate of drug-likeness (QED) is 0.593. The zero-order valence-corrected chi connectivity index (χ0v) is 11.8. The van der Waals surface area contributed by atoms with E-state index in [1.807, 2.05) is 19.1 Å². The second-order valence-electron chi connectivity index (χ2n) is 5.48. The van der Waals surface area contributed by atoms with Crippen molar-refractivity contribution in [1.82, 2.24) is 0 Å². The van der Waals surface area contributed by atoms with Gasteiger partial charge < -0.3 is 4.74 Å². The fraction of sp³-hybridized carbons (Fsp3) is 0.375. The van der Waals surface area contributed by atoms with Crippen LogP contribution in [0.25, 0.3) is 0 Å². The largest absolute Gasteiger partial charge is 0.427 e. The van der Waals surface area contributed by atoms with Gasteiger partial charge in [0, 0.05) is 12.8 Å². The van der Waals surface area contributed by atoms with E-state index >= 15 is 0 Å². The number of hydrogen-bond donors (Lipinski definition) is 0. The highest BCUT2D eigenvalue weighted by molar-refractivity contribution is 5.69. The van der Waals surface area contributed by atoms with E-state index < -0.39 is 0 Å². The summed E-state index contributed by atoms with van der Waals surface area (Å²) in [7, 11) is 0. The SMILES string of the molecule is C=C[C](C)c1cc(OC(C)=O)cc(C(C)(C)C)c1. The van der Waals surface area contributed by atoms with E-state index in [2.05, 4.69) is 33.4 Å². The summed E-state index contributed by atoms with van der Waals surface area (Å²) in [4.78, 5) is 11.1. The molecule has 0 saturated carbocycles. The lowest BCUT2D eigenvalue weighted by molar-refractivity contribution is -0.131. The molecule has 18 heavy (non-hydrogen) atoms. The van der Waals surface area contributed by atoms with Crippen molar-refractivity contribution in [2.45, 2.75) is 40.0 Å². The van der Waals surface area contributed by atoms with Crippen LogP contribution >= 0.6 is 0 Å². The summed E-state index contributed by atoms with van der Waals surface area (Å²) in [5.74, 6) is 1.35. The summed E-state index contributed by atoms with van der Waals surface area (Å²) >= 11 is 0. The predicted molar refractivity (Wildman–Crippen MR) is 74.7 cm³/mol.